The first-order chi connectivity index (χ1) is 11.1. The number of halogens is 1. The minimum absolute atomic E-state index is 0.124. The van der Waals surface area contributed by atoms with Crippen LogP contribution >= 0.6 is 11.6 Å². The van der Waals surface area contributed by atoms with Crippen molar-refractivity contribution in [3.63, 3.8) is 0 Å². The summed E-state index contributed by atoms with van der Waals surface area (Å²) in [6, 6.07) is 6.78. The normalized spacial score (nSPS) is 13.4. The van der Waals surface area contributed by atoms with Crippen molar-refractivity contribution in [3.8, 4) is 5.75 Å². The van der Waals surface area contributed by atoms with Gasteiger partial charge in [-0.05, 0) is 23.8 Å². The first-order valence-electron chi connectivity index (χ1n) is 7.02. The molecule has 2 heterocycles. The van der Waals surface area contributed by atoms with Crippen LogP contribution in [-0.2, 0) is 11.3 Å². The molecule has 0 saturated heterocycles. The molecule has 2 aromatic rings. The highest BCUT2D eigenvalue weighted by atomic mass is 35.5. The molecule has 23 heavy (non-hydrogen) atoms. The number of carbonyl (C=O) groups is 1. The lowest BCUT2D eigenvalue weighted by molar-refractivity contribution is 0.0692. The SMILES string of the molecule is COCc1cnc(N2CCOc3c(C(=O)O)cccc32)c(Cl)c1. The van der Waals surface area contributed by atoms with Gasteiger partial charge in [0.15, 0.2) is 11.6 Å². The smallest absolute Gasteiger partial charge is 0.339 e. The predicted octanol–water partition coefficient (Wildman–Crippen LogP) is 3.11. The number of carboxylic acids is 1. The van der Waals surface area contributed by atoms with Crippen LogP contribution in [0.25, 0.3) is 0 Å². The molecule has 1 N–H and O–H groups in total. The van der Waals surface area contributed by atoms with E-state index in [2.05, 4.69) is 4.98 Å². The van der Waals surface area contributed by atoms with Crippen molar-refractivity contribution in [1.82, 2.24) is 4.98 Å². The van der Waals surface area contributed by atoms with Crippen LogP contribution in [0.1, 0.15) is 15.9 Å². The van der Waals surface area contributed by atoms with Crippen molar-refractivity contribution in [3.05, 3.63) is 46.6 Å². The molecule has 1 aliphatic heterocycles. The lowest BCUT2D eigenvalue weighted by Crippen LogP contribution is -2.30. The van der Waals surface area contributed by atoms with Crippen LogP contribution in [-0.4, -0.2) is 36.3 Å². The van der Waals surface area contributed by atoms with Crippen LogP contribution in [0.15, 0.2) is 30.5 Å². The van der Waals surface area contributed by atoms with Crippen LogP contribution in [0.3, 0.4) is 0 Å². The van der Waals surface area contributed by atoms with Gasteiger partial charge in [-0.2, -0.15) is 0 Å². The maximum absolute atomic E-state index is 11.3. The van der Waals surface area contributed by atoms with Gasteiger partial charge in [-0.15, -0.1) is 0 Å². The summed E-state index contributed by atoms with van der Waals surface area (Å²) >= 11 is 6.35. The summed E-state index contributed by atoms with van der Waals surface area (Å²) in [6.45, 7) is 1.32. The van der Waals surface area contributed by atoms with Gasteiger partial charge in [-0.25, -0.2) is 9.78 Å². The van der Waals surface area contributed by atoms with Crippen molar-refractivity contribution < 1.29 is 19.4 Å². The van der Waals surface area contributed by atoms with E-state index in [0.717, 1.165) is 5.56 Å². The zero-order chi connectivity index (χ0) is 16.4. The zero-order valence-corrected chi connectivity index (χ0v) is 13.2. The molecule has 6 nitrogen and oxygen atoms in total. The van der Waals surface area contributed by atoms with Crippen LogP contribution in [0.5, 0.6) is 5.75 Å². The van der Waals surface area contributed by atoms with Gasteiger partial charge in [-0.3, -0.25) is 0 Å². The molecule has 120 valence electrons. The van der Waals surface area contributed by atoms with E-state index in [1.807, 2.05) is 4.90 Å². The minimum Gasteiger partial charge on any atom is -0.489 e. The van der Waals surface area contributed by atoms with Gasteiger partial charge in [0.05, 0.1) is 23.9 Å². The van der Waals surface area contributed by atoms with Gasteiger partial charge in [0.25, 0.3) is 0 Å². The Hall–Kier alpha value is -2.31. The number of ether oxygens (including phenoxy) is 2. The highest BCUT2D eigenvalue weighted by Gasteiger charge is 2.26. The molecule has 7 heteroatoms. The first kappa shape index (κ1) is 15.6. The maximum Gasteiger partial charge on any atom is 0.339 e. The average Bonchev–Trinajstić information content (AvgIpc) is 2.54. The standard InChI is InChI=1S/C16H15ClN2O4/c1-22-9-10-7-12(17)15(18-8-10)19-5-6-23-14-11(16(20)21)3-2-4-13(14)19/h2-4,7-8H,5-6,9H2,1H3,(H,20,21). The Labute approximate surface area is 138 Å². The highest BCUT2D eigenvalue weighted by molar-refractivity contribution is 6.33. The molecule has 0 fully saturated rings. The van der Waals surface area contributed by atoms with E-state index in [9.17, 15) is 9.90 Å². The molecule has 0 atom stereocenters. The molecular formula is C16H15ClN2O4. The summed E-state index contributed by atoms with van der Waals surface area (Å²) in [4.78, 5) is 17.6. The third-order valence-electron chi connectivity index (χ3n) is 3.52. The van der Waals surface area contributed by atoms with E-state index >= 15 is 0 Å². The van der Waals surface area contributed by atoms with Gasteiger partial charge in [0, 0.05) is 13.3 Å². The third-order valence-corrected chi connectivity index (χ3v) is 3.80. The topological polar surface area (TPSA) is 71.9 Å². The quantitative estimate of drug-likeness (QED) is 0.926. The summed E-state index contributed by atoms with van der Waals surface area (Å²) in [5.41, 5.74) is 1.64. The molecule has 0 radical (unpaired) electrons. The average molecular weight is 335 g/mol. The molecule has 1 aliphatic rings. The van der Waals surface area contributed by atoms with Gasteiger partial charge in [0.1, 0.15) is 12.2 Å². The number of rotatable bonds is 4. The number of pyridine rings is 1. The van der Waals surface area contributed by atoms with Crippen molar-refractivity contribution in [1.29, 1.82) is 0 Å². The van der Waals surface area contributed by atoms with E-state index in [1.165, 1.54) is 6.07 Å². The molecule has 0 bridgehead atoms. The fraction of sp³-hybridized carbons (Fsp3) is 0.250. The highest BCUT2D eigenvalue weighted by Crippen LogP contribution is 2.40. The lowest BCUT2D eigenvalue weighted by atomic mass is 10.1. The van der Waals surface area contributed by atoms with Crippen molar-refractivity contribution in [2.24, 2.45) is 0 Å². The van der Waals surface area contributed by atoms with Gasteiger partial charge < -0.3 is 19.5 Å². The summed E-state index contributed by atoms with van der Waals surface area (Å²) in [7, 11) is 1.60. The minimum atomic E-state index is -1.03. The number of hydrogen-bond acceptors (Lipinski definition) is 5. The molecule has 0 unspecified atom stereocenters. The van der Waals surface area contributed by atoms with Crippen LogP contribution in [0.4, 0.5) is 11.5 Å². The maximum atomic E-state index is 11.3. The predicted molar refractivity (Wildman–Crippen MR) is 85.9 cm³/mol. The van der Waals surface area contributed by atoms with Crippen LogP contribution in [0.2, 0.25) is 5.02 Å². The number of hydrogen-bond donors (Lipinski definition) is 1. The van der Waals surface area contributed by atoms with Gasteiger partial charge in [0.2, 0.25) is 0 Å². The molecule has 0 spiro atoms. The number of anilines is 2. The molecule has 1 aromatic heterocycles. The Kier molecular flexibility index (Phi) is 4.36. The lowest BCUT2D eigenvalue weighted by Gasteiger charge is -2.31. The molecule has 0 amide bonds. The summed E-state index contributed by atoms with van der Waals surface area (Å²) in [5, 5.41) is 9.77. The second-order valence-electron chi connectivity index (χ2n) is 5.04. The van der Waals surface area contributed by atoms with Crippen molar-refractivity contribution in [2.45, 2.75) is 6.61 Å². The Morgan fingerprint density at radius 2 is 2.35 bits per heavy atom. The third kappa shape index (κ3) is 2.95. The number of para-hydroxylation sites is 1. The molecule has 0 saturated carbocycles. The number of fused-ring (bicyclic) bond motifs is 1. The molecular weight excluding hydrogens is 320 g/mol. The molecule has 1 aromatic carbocycles. The Balaban J connectivity index is 2.04. The second kappa shape index (κ2) is 6.44. The number of carboxylic acid groups (broad SMARTS) is 1. The Morgan fingerprint density at radius 1 is 1.52 bits per heavy atom. The number of aromatic nitrogens is 1. The first-order valence-corrected chi connectivity index (χ1v) is 7.39. The van der Waals surface area contributed by atoms with Crippen LogP contribution < -0.4 is 9.64 Å². The van der Waals surface area contributed by atoms with E-state index in [0.29, 0.717) is 42.0 Å². The number of methoxy groups -OCH3 is 1. The Morgan fingerprint density at radius 3 is 3.04 bits per heavy atom. The summed E-state index contributed by atoms with van der Waals surface area (Å²) < 4.78 is 10.6. The summed E-state index contributed by atoms with van der Waals surface area (Å²) in [6.07, 6.45) is 1.70. The van der Waals surface area contributed by atoms with Crippen molar-refractivity contribution >= 4 is 29.1 Å². The fourth-order valence-electron chi connectivity index (χ4n) is 2.55. The van der Waals surface area contributed by atoms with Crippen LogP contribution in [0, 0.1) is 0 Å². The van der Waals surface area contributed by atoms with Crippen molar-refractivity contribution in [2.75, 3.05) is 25.2 Å². The number of aromatic carboxylic acids is 1. The van der Waals surface area contributed by atoms with E-state index in [4.69, 9.17) is 21.1 Å². The second-order valence-corrected chi connectivity index (χ2v) is 5.45. The molecule has 0 aliphatic carbocycles. The Bertz CT molecular complexity index is 751. The number of nitrogens with zero attached hydrogens (tertiary/aromatic N) is 2. The zero-order valence-electron chi connectivity index (χ0n) is 12.5. The van der Waals surface area contributed by atoms with E-state index in [1.54, 1.807) is 31.5 Å². The fourth-order valence-corrected chi connectivity index (χ4v) is 2.84. The van der Waals surface area contributed by atoms with Gasteiger partial charge >= 0.3 is 5.97 Å². The summed E-state index contributed by atoms with van der Waals surface area (Å²) in [5.74, 6) is -0.123. The monoisotopic (exact) mass is 334 g/mol. The van der Waals surface area contributed by atoms with Gasteiger partial charge in [-0.1, -0.05) is 17.7 Å². The molecule has 3 rings (SSSR count). The largest absolute Gasteiger partial charge is 0.489 e. The van der Waals surface area contributed by atoms with E-state index in [-0.39, 0.29) is 5.56 Å². The van der Waals surface area contributed by atoms with E-state index < -0.39 is 5.97 Å². The number of benzene rings is 1.